The van der Waals surface area contributed by atoms with Crippen LogP contribution in [0.25, 0.3) is 0 Å². The Morgan fingerprint density at radius 2 is 0.861 bits per heavy atom. The van der Waals surface area contributed by atoms with E-state index in [0.717, 1.165) is 0 Å². The summed E-state index contributed by atoms with van der Waals surface area (Å²) in [6, 6.07) is 0. The molecule has 0 aliphatic rings. The molecule has 0 aromatic heterocycles. The van der Waals surface area contributed by atoms with Gasteiger partial charge >= 0.3 is 59.7 Å². The standard InChI is InChI=1S/C14H6F20O2/c1-3(2)4(35)36-7(18,19)5(15)6(16,17)8(20,21)9(22,23)10(24,25)11(26,27)12(28,29)13(30,31)14(32,33)34/h5H,1H2,2H3. The number of hydrogen-bond donors (Lipinski definition) is 0. The molecule has 0 saturated heterocycles. The van der Waals surface area contributed by atoms with Crippen LogP contribution in [-0.4, -0.2) is 65.9 Å². The van der Waals surface area contributed by atoms with Crippen LogP contribution in [0, 0.1) is 0 Å². The summed E-state index contributed by atoms with van der Waals surface area (Å²) in [5.74, 6) is -63.8. The van der Waals surface area contributed by atoms with Crippen molar-refractivity contribution in [2.24, 2.45) is 0 Å². The van der Waals surface area contributed by atoms with Crippen molar-refractivity contribution in [3.8, 4) is 0 Å². The molecule has 22 heteroatoms. The maximum Gasteiger partial charge on any atom is 0.460 e. The molecule has 214 valence electrons. The van der Waals surface area contributed by atoms with Gasteiger partial charge < -0.3 is 4.74 Å². The summed E-state index contributed by atoms with van der Waals surface area (Å²) in [6.45, 7) is 2.90. The smallest absolute Gasteiger partial charge is 0.395 e. The molecule has 36 heavy (non-hydrogen) atoms. The van der Waals surface area contributed by atoms with Crippen LogP contribution in [-0.2, 0) is 9.53 Å². The van der Waals surface area contributed by atoms with Crippen molar-refractivity contribution in [3.05, 3.63) is 12.2 Å². The van der Waals surface area contributed by atoms with Crippen LogP contribution in [0.15, 0.2) is 12.2 Å². The van der Waals surface area contributed by atoms with Crippen LogP contribution < -0.4 is 0 Å². The largest absolute Gasteiger partial charge is 0.460 e. The number of rotatable bonds is 10. The minimum absolute atomic E-state index is 0.409. The first-order chi connectivity index (χ1) is 15.2. The number of carbonyl (C=O) groups is 1. The van der Waals surface area contributed by atoms with E-state index in [2.05, 4.69) is 11.3 Å². The zero-order chi connectivity index (χ0) is 29.9. The van der Waals surface area contributed by atoms with E-state index in [1.54, 1.807) is 0 Å². The van der Waals surface area contributed by atoms with E-state index < -0.39 is 71.5 Å². The highest BCUT2D eigenvalue weighted by Crippen LogP contribution is 2.64. The van der Waals surface area contributed by atoms with Crippen LogP contribution in [0.2, 0.25) is 0 Å². The van der Waals surface area contributed by atoms with Crippen molar-refractivity contribution < 1.29 is 97.3 Å². The van der Waals surface area contributed by atoms with E-state index in [-0.39, 0.29) is 0 Å². The van der Waals surface area contributed by atoms with E-state index >= 15 is 0 Å². The number of hydrogen-bond acceptors (Lipinski definition) is 2. The minimum atomic E-state index is -9.07. The molecule has 0 rings (SSSR count). The Bertz CT molecular complexity index is 853. The predicted molar refractivity (Wildman–Crippen MR) is 71.4 cm³/mol. The SMILES string of the molecule is C=C(C)C(=O)OC(F)(F)C(F)C(F)(F)C(F)(F)C(F)(F)C(F)(F)C(F)(F)C(F)(F)C(F)(F)C(F)(F)F. The summed E-state index contributed by atoms with van der Waals surface area (Å²) in [7, 11) is 0. The Labute approximate surface area is 183 Å². The second kappa shape index (κ2) is 8.69. The monoisotopic (exact) mass is 586 g/mol. The molecule has 0 amide bonds. The minimum Gasteiger partial charge on any atom is -0.395 e. The second-order valence-corrected chi connectivity index (χ2v) is 6.66. The van der Waals surface area contributed by atoms with Gasteiger partial charge in [-0.2, -0.15) is 83.4 Å². The second-order valence-electron chi connectivity index (χ2n) is 6.66. The van der Waals surface area contributed by atoms with Crippen LogP contribution in [0.4, 0.5) is 87.8 Å². The number of esters is 1. The molecule has 0 aliphatic heterocycles. The summed E-state index contributed by atoms with van der Waals surface area (Å²) in [5.41, 5.74) is -1.25. The molecule has 0 spiro atoms. The van der Waals surface area contributed by atoms with Crippen molar-refractivity contribution in [3.63, 3.8) is 0 Å². The summed E-state index contributed by atoms with van der Waals surface area (Å²) in [5, 5.41) is 0. The van der Waals surface area contributed by atoms with Crippen molar-refractivity contribution in [2.45, 2.75) is 66.8 Å². The average Bonchev–Trinajstić information content (AvgIpc) is 2.64. The molecule has 0 fully saturated rings. The fourth-order valence-corrected chi connectivity index (χ4v) is 1.81. The number of alkyl halides is 20. The van der Waals surface area contributed by atoms with Gasteiger partial charge in [0.15, 0.2) is 0 Å². The first-order valence-corrected chi connectivity index (χ1v) is 7.85. The third-order valence-electron chi connectivity index (χ3n) is 3.94. The highest BCUT2D eigenvalue weighted by atomic mass is 19.4. The fourth-order valence-electron chi connectivity index (χ4n) is 1.81. The first-order valence-electron chi connectivity index (χ1n) is 7.85. The van der Waals surface area contributed by atoms with E-state index in [1.165, 1.54) is 0 Å². The molecular formula is C14H6F20O2. The normalized spacial score (nSPS) is 16.6. The highest BCUT2D eigenvalue weighted by Gasteiger charge is 2.96. The van der Waals surface area contributed by atoms with Gasteiger partial charge in [-0.15, -0.1) is 0 Å². The van der Waals surface area contributed by atoms with Crippen molar-refractivity contribution in [1.82, 2.24) is 0 Å². The third kappa shape index (κ3) is 4.51. The summed E-state index contributed by atoms with van der Waals surface area (Å²) in [4.78, 5) is 10.8. The molecule has 0 N–H and O–H groups in total. The maximum absolute atomic E-state index is 13.5. The van der Waals surface area contributed by atoms with Crippen LogP contribution in [0.1, 0.15) is 6.92 Å². The van der Waals surface area contributed by atoms with E-state index in [9.17, 15) is 92.6 Å². The lowest BCUT2D eigenvalue weighted by Crippen LogP contribution is -2.75. The molecule has 0 aromatic rings. The molecule has 1 atom stereocenters. The number of ether oxygens (including phenoxy) is 1. The van der Waals surface area contributed by atoms with Crippen LogP contribution in [0.5, 0.6) is 0 Å². The van der Waals surface area contributed by atoms with Gasteiger partial charge in [-0.05, 0) is 6.92 Å². The lowest BCUT2D eigenvalue weighted by molar-refractivity contribution is -0.466. The van der Waals surface area contributed by atoms with Gasteiger partial charge in [0, 0.05) is 5.57 Å². The Hall–Kier alpha value is -2.19. The molecular weight excluding hydrogens is 580 g/mol. The van der Waals surface area contributed by atoms with Gasteiger partial charge in [0.1, 0.15) is 0 Å². The Morgan fingerprint density at radius 1 is 0.583 bits per heavy atom. The highest BCUT2D eigenvalue weighted by molar-refractivity contribution is 5.87. The lowest BCUT2D eigenvalue weighted by atomic mass is 9.87. The van der Waals surface area contributed by atoms with Crippen molar-refractivity contribution in [2.75, 3.05) is 0 Å². The fraction of sp³-hybridized carbons (Fsp3) is 0.786. The van der Waals surface area contributed by atoms with Gasteiger partial charge in [0.2, 0.25) is 0 Å². The Morgan fingerprint density at radius 3 is 1.14 bits per heavy atom. The van der Waals surface area contributed by atoms with E-state index in [0.29, 0.717) is 6.92 Å². The average molecular weight is 586 g/mol. The first kappa shape index (κ1) is 33.8. The van der Waals surface area contributed by atoms with Crippen LogP contribution in [0.3, 0.4) is 0 Å². The number of carbonyl (C=O) groups excluding carboxylic acids is 1. The van der Waals surface area contributed by atoms with Crippen molar-refractivity contribution >= 4 is 5.97 Å². The Kier molecular flexibility index (Phi) is 8.16. The van der Waals surface area contributed by atoms with E-state index in [4.69, 9.17) is 0 Å². The third-order valence-corrected chi connectivity index (χ3v) is 3.94. The topological polar surface area (TPSA) is 26.3 Å². The van der Waals surface area contributed by atoms with Gasteiger partial charge in [0.25, 0.3) is 6.17 Å². The molecule has 0 heterocycles. The molecule has 0 bridgehead atoms. The van der Waals surface area contributed by atoms with Gasteiger partial charge in [-0.3, -0.25) is 0 Å². The molecule has 0 radical (unpaired) electrons. The summed E-state index contributed by atoms with van der Waals surface area (Å²) in [6.07, 6.45) is -21.1. The maximum atomic E-state index is 13.5. The van der Waals surface area contributed by atoms with Gasteiger partial charge in [0.05, 0.1) is 0 Å². The quantitative estimate of drug-likeness (QED) is 0.156. The van der Waals surface area contributed by atoms with Gasteiger partial charge in [-0.1, -0.05) is 6.58 Å². The molecule has 0 saturated carbocycles. The summed E-state index contributed by atoms with van der Waals surface area (Å²) < 4.78 is 264. The Balaban J connectivity index is 6.84. The van der Waals surface area contributed by atoms with Crippen molar-refractivity contribution in [1.29, 1.82) is 0 Å². The summed E-state index contributed by atoms with van der Waals surface area (Å²) >= 11 is 0. The zero-order valence-electron chi connectivity index (χ0n) is 16.2. The molecule has 0 aromatic carbocycles. The zero-order valence-corrected chi connectivity index (χ0v) is 16.2. The molecule has 2 nitrogen and oxygen atoms in total. The van der Waals surface area contributed by atoms with Gasteiger partial charge in [-0.25, -0.2) is 9.18 Å². The van der Waals surface area contributed by atoms with E-state index in [1.807, 2.05) is 0 Å². The van der Waals surface area contributed by atoms with Crippen LogP contribution >= 0.6 is 0 Å². The predicted octanol–water partition coefficient (Wildman–Crippen LogP) is 7.05. The molecule has 1 unspecified atom stereocenters. The lowest BCUT2D eigenvalue weighted by Gasteiger charge is -2.43. The number of halogens is 20. The molecule has 0 aliphatic carbocycles.